The average Bonchev–Trinajstić information content (AvgIpc) is 2.66. The first kappa shape index (κ1) is 15.7. The van der Waals surface area contributed by atoms with E-state index in [9.17, 15) is 15.4 Å². The maximum atomic E-state index is 11.2. The summed E-state index contributed by atoms with van der Waals surface area (Å²) in [4.78, 5) is 10.7. The molecule has 1 heterocycles. The van der Waals surface area contributed by atoms with Gasteiger partial charge in [-0.05, 0) is 22.4 Å². The number of rotatable bonds is 2. The van der Waals surface area contributed by atoms with Crippen molar-refractivity contribution in [2.75, 3.05) is 0 Å². The van der Waals surface area contributed by atoms with Crippen LogP contribution >= 0.6 is 0 Å². The molecular weight excluding hydrogens is 330 g/mol. The molecule has 3 aromatic rings. The van der Waals surface area contributed by atoms with Gasteiger partial charge in [-0.3, -0.25) is 10.1 Å². The number of hydrogen-bond acceptors (Lipinski definition) is 5. The zero-order chi connectivity index (χ0) is 18.3. The maximum Gasteiger partial charge on any atom is 0.269 e. The van der Waals surface area contributed by atoms with Gasteiger partial charge in [0.15, 0.2) is 0 Å². The lowest BCUT2D eigenvalue weighted by molar-refractivity contribution is -0.384. The van der Waals surface area contributed by atoms with Crippen LogP contribution in [0.1, 0.15) is 17.0 Å². The number of nitrogens with two attached hydrogens (primary N) is 1. The van der Waals surface area contributed by atoms with Crippen LogP contribution in [0, 0.1) is 21.4 Å². The molecule has 3 aromatic carbocycles. The van der Waals surface area contributed by atoms with E-state index in [1.807, 2.05) is 36.4 Å². The van der Waals surface area contributed by atoms with Gasteiger partial charge in [-0.1, -0.05) is 42.5 Å². The molecule has 1 aliphatic heterocycles. The highest BCUT2D eigenvalue weighted by atomic mass is 16.6. The Labute approximate surface area is 148 Å². The van der Waals surface area contributed by atoms with Crippen LogP contribution in [0.4, 0.5) is 5.69 Å². The predicted octanol–water partition coefficient (Wildman–Crippen LogP) is 3.97. The summed E-state index contributed by atoms with van der Waals surface area (Å²) in [6, 6.07) is 19.9. The molecule has 1 atom stereocenters. The molecule has 0 spiro atoms. The fourth-order valence-corrected chi connectivity index (χ4v) is 3.39. The second kappa shape index (κ2) is 5.90. The third-order valence-electron chi connectivity index (χ3n) is 4.53. The van der Waals surface area contributed by atoms with Gasteiger partial charge in [-0.2, -0.15) is 5.26 Å². The van der Waals surface area contributed by atoms with Crippen molar-refractivity contribution in [1.82, 2.24) is 0 Å². The Balaban J connectivity index is 2.04. The monoisotopic (exact) mass is 343 g/mol. The lowest BCUT2D eigenvalue weighted by Crippen LogP contribution is -2.21. The highest BCUT2D eigenvalue weighted by molar-refractivity contribution is 5.90. The molecule has 1 aliphatic rings. The molecule has 1 unspecified atom stereocenters. The smallest absolute Gasteiger partial charge is 0.269 e. The number of ether oxygens (including phenoxy) is 1. The number of fused-ring (bicyclic) bond motifs is 3. The number of benzene rings is 3. The van der Waals surface area contributed by atoms with Gasteiger partial charge in [0.25, 0.3) is 5.69 Å². The molecule has 6 heteroatoms. The van der Waals surface area contributed by atoms with Crippen molar-refractivity contribution in [3.63, 3.8) is 0 Å². The Morgan fingerprint density at radius 1 is 1.12 bits per heavy atom. The van der Waals surface area contributed by atoms with E-state index in [0.717, 1.165) is 16.3 Å². The van der Waals surface area contributed by atoms with E-state index in [-0.39, 0.29) is 17.1 Å². The van der Waals surface area contributed by atoms with E-state index in [0.29, 0.717) is 11.3 Å². The number of allylic oxidation sites excluding steroid dienone is 1. The van der Waals surface area contributed by atoms with Gasteiger partial charge < -0.3 is 10.5 Å². The summed E-state index contributed by atoms with van der Waals surface area (Å²) >= 11 is 0. The van der Waals surface area contributed by atoms with Crippen LogP contribution in [0.5, 0.6) is 5.75 Å². The molecule has 0 aromatic heterocycles. The fourth-order valence-electron chi connectivity index (χ4n) is 3.39. The van der Waals surface area contributed by atoms with Gasteiger partial charge in [0.1, 0.15) is 17.4 Å². The summed E-state index contributed by atoms with van der Waals surface area (Å²) in [5.41, 5.74) is 7.60. The zero-order valence-electron chi connectivity index (χ0n) is 13.5. The molecule has 0 saturated carbocycles. The van der Waals surface area contributed by atoms with Crippen LogP contribution in [-0.4, -0.2) is 4.92 Å². The Hall–Kier alpha value is -3.85. The summed E-state index contributed by atoms with van der Waals surface area (Å²) in [6.45, 7) is 0. The third-order valence-corrected chi connectivity index (χ3v) is 4.53. The summed E-state index contributed by atoms with van der Waals surface area (Å²) < 4.78 is 5.67. The number of hydrogen-bond donors (Lipinski definition) is 1. The Morgan fingerprint density at radius 2 is 1.92 bits per heavy atom. The quantitative estimate of drug-likeness (QED) is 0.560. The van der Waals surface area contributed by atoms with Crippen molar-refractivity contribution in [2.24, 2.45) is 5.73 Å². The van der Waals surface area contributed by atoms with E-state index in [4.69, 9.17) is 10.5 Å². The highest BCUT2D eigenvalue weighted by Crippen LogP contribution is 2.45. The van der Waals surface area contributed by atoms with Crippen LogP contribution in [0.2, 0.25) is 0 Å². The van der Waals surface area contributed by atoms with Crippen LogP contribution in [0.25, 0.3) is 10.8 Å². The van der Waals surface area contributed by atoms with Crippen LogP contribution in [-0.2, 0) is 0 Å². The zero-order valence-corrected chi connectivity index (χ0v) is 13.5. The summed E-state index contributed by atoms with van der Waals surface area (Å²) in [5, 5.41) is 22.8. The first-order valence-corrected chi connectivity index (χ1v) is 7.93. The van der Waals surface area contributed by atoms with Gasteiger partial charge >= 0.3 is 0 Å². The maximum absolute atomic E-state index is 11.2. The van der Waals surface area contributed by atoms with E-state index in [1.54, 1.807) is 12.1 Å². The van der Waals surface area contributed by atoms with E-state index in [2.05, 4.69) is 6.07 Å². The molecule has 4 rings (SSSR count). The molecule has 0 aliphatic carbocycles. The number of nitrogens with zero attached hydrogens (tertiary/aromatic N) is 2. The summed E-state index contributed by atoms with van der Waals surface area (Å²) in [7, 11) is 0. The molecule has 0 radical (unpaired) electrons. The average molecular weight is 343 g/mol. The van der Waals surface area contributed by atoms with Crippen molar-refractivity contribution < 1.29 is 9.66 Å². The molecule has 0 fully saturated rings. The van der Waals surface area contributed by atoms with Gasteiger partial charge in [-0.15, -0.1) is 0 Å². The minimum atomic E-state index is -0.533. The normalized spacial score (nSPS) is 15.9. The van der Waals surface area contributed by atoms with Crippen LogP contribution in [0.15, 0.2) is 72.1 Å². The van der Waals surface area contributed by atoms with Crippen molar-refractivity contribution in [3.8, 4) is 11.8 Å². The molecule has 0 bridgehead atoms. The molecule has 6 nitrogen and oxygen atoms in total. The fraction of sp³-hybridized carbons (Fsp3) is 0.0500. The number of nitro benzene ring substituents is 1. The lowest BCUT2D eigenvalue weighted by atomic mass is 9.81. The standard InChI is InChI=1S/C20H13N3O3/c21-11-16-18(13-5-3-6-14(10-13)23(24)25)19-15-7-2-1-4-12(15)8-9-17(19)26-20(16)22/h1-10,18H,22H2. The second-order valence-corrected chi connectivity index (χ2v) is 5.98. The Bertz CT molecular complexity index is 1130. The van der Waals surface area contributed by atoms with Crippen LogP contribution in [0.3, 0.4) is 0 Å². The number of nitro groups is 1. The molecule has 26 heavy (non-hydrogen) atoms. The number of non-ortho nitro benzene ring substituents is 1. The topological polar surface area (TPSA) is 102 Å². The van der Waals surface area contributed by atoms with Gasteiger partial charge in [-0.25, -0.2) is 0 Å². The van der Waals surface area contributed by atoms with Crippen molar-refractivity contribution >= 4 is 16.5 Å². The van der Waals surface area contributed by atoms with E-state index in [1.165, 1.54) is 12.1 Å². The summed E-state index contributed by atoms with van der Waals surface area (Å²) in [5.74, 6) is 0.0400. The minimum Gasteiger partial charge on any atom is -0.440 e. The minimum absolute atomic E-state index is 0.0202. The van der Waals surface area contributed by atoms with Crippen molar-refractivity contribution in [2.45, 2.75) is 5.92 Å². The third kappa shape index (κ3) is 2.34. The van der Waals surface area contributed by atoms with Crippen molar-refractivity contribution in [3.05, 3.63) is 93.4 Å². The van der Waals surface area contributed by atoms with Crippen molar-refractivity contribution in [1.29, 1.82) is 5.26 Å². The molecule has 126 valence electrons. The van der Waals surface area contributed by atoms with E-state index < -0.39 is 10.8 Å². The first-order chi connectivity index (χ1) is 12.6. The molecule has 2 N–H and O–H groups in total. The van der Waals surface area contributed by atoms with Gasteiger partial charge in [0, 0.05) is 17.7 Å². The SMILES string of the molecule is N#CC1=C(N)Oc2ccc3ccccc3c2C1c1cccc([N+](=O)[O-])c1. The molecule has 0 amide bonds. The van der Waals surface area contributed by atoms with Gasteiger partial charge in [0.2, 0.25) is 5.88 Å². The first-order valence-electron chi connectivity index (χ1n) is 7.93. The Morgan fingerprint density at radius 3 is 2.69 bits per heavy atom. The van der Waals surface area contributed by atoms with E-state index >= 15 is 0 Å². The largest absolute Gasteiger partial charge is 0.440 e. The van der Waals surface area contributed by atoms with Gasteiger partial charge in [0.05, 0.1) is 10.8 Å². The predicted molar refractivity (Wildman–Crippen MR) is 96.3 cm³/mol. The second-order valence-electron chi connectivity index (χ2n) is 5.98. The summed E-state index contributed by atoms with van der Waals surface area (Å²) in [6.07, 6.45) is 0. The number of nitriles is 1. The molecule has 0 saturated heterocycles. The highest BCUT2D eigenvalue weighted by Gasteiger charge is 2.32. The Kier molecular flexibility index (Phi) is 3.55. The molecular formula is C20H13N3O3. The van der Waals surface area contributed by atoms with Crippen LogP contribution < -0.4 is 10.5 Å². The lowest BCUT2D eigenvalue weighted by Gasteiger charge is -2.27.